The number of benzene rings is 4. The molecule has 0 aliphatic heterocycles. The van der Waals surface area contributed by atoms with Crippen LogP contribution in [0.3, 0.4) is 0 Å². The van der Waals surface area contributed by atoms with E-state index in [-0.39, 0.29) is 5.41 Å². The summed E-state index contributed by atoms with van der Waals surface area (Å²) in [5, 5.41) is 2.33. The Bertz CT molecular complexity index is 1220. The number of hydrogen-bond acceptors (Lipinski definition) is 0. The van der Waals surface area contributed by atoms with Crippen molar-refractivity contribution < 1.29 is 0 Å². The van der Waals surface area contributed by atoms with E-state index in [4.69, 9.17) is 7.85 Å². The van der Waals surface area contributed by atoms with Crippen molar-refractivity contribution in [2.24, 2.45) is 0 Å². The molecule has 0 atom stereocenters. The van der Waals surface area contributed by atoms with Crippen LogP contribution in [0, 0.1) is 3.57 Å². The minimum Gasteiger partial charge on any atom is -0.0889 e. The molecule has 4 aromatic carbocycles. The molecule has 0 nitrogen and oxygen atoms in total. The summed E-state index contributed by atoms with van der Waals surface area (Å²) in [5.41, 5.74) is 8.87. The van der Waals surface area contributed by atoms with Crippen molar-refractivity contribution in [3.8, 4) is 22.3 Å². The molecule has 0 amide bonds. The predicted octanol–water partition coefficient (Wildman–Crippen LogP) is 6.21. The molecule has 0 unspecified atom stereocenters. The molecule has 2 radical (unpaired) electrons. The summed E-state index contributed by atoms with van der Waals surface area (Å²) in [6, 6.07) is 26.3. The highest BCUT2D eigenvalue weighted by Gasteiger charge is 2.35. The molecule has 27 heavy (non-hydrogen) atoms. The van der Waals surface area contributed by atoms with Gasteiger partial charge in [-0.05, 0) is 84.9 Å². The first-order valence-corrected chi connectivity index (χ1v) is 10.3. The second-order valence-corrected chi connectivity index (χ2v) is 9.07. The fraction of sp³-hybridized carbons (Fsp3) is 0.120. The smallest absolute Gasteiger partial charge is 0.0889 e. The minimum absolute atomic E-state index is 0.00543. The van der Waals surface area contributed by atoms with Crippen LogP contribution in [0.5, 0.6) is 0 Å². The topological polar surface area (TPSA) is 0 Å². The first-order chi connectivity index (χ1) is 13.0. The van der Waals surface area contributed by atoms with E-state index in [1.165, 1.54) is 42.3 Å². The van der Waals surface area contributed by atoms with Crippen molar-refractivity contribution in [3.63, 3.8) is 0 Å². The lowest BCUT2D eigenvalue weighted by molar-refractivity contribution is 0.660. The van der Waals surface area contributed by atoms with E-state index in [2.05, 4.69) is 97.1 Å². The van der Waals surface area contributed by atoms with Crippen LogP contribution < -0.4 is 5.46 Å². The van der Waals surface area contributed by atoms with Crippen LogP contribution in [-0.4, -0.2) is 7.85 Å². The molecule has 0 aromatic heterocycles. The maximum Gasteiger partial charge on any atom is 0.114 e. The SMILES string of the molecule is [B]c1ccc(-c2ccc3c(c2)C(C)(C)c2cc(I)ccc2-3)c2ccccc12. The highest BCUT2D eigenvalue weighted by atomic mass is 127. The molecule has 0 bridgehead atoms. The van der Waals surface area contributed by atoms with Gasteiger partial charge in [0.05, 0.1) is 0 Å². The van der Waals surface area contributed by atoms with Gasteiger partial charge in [-0.2, -0.15) is 0 Å². The van der Waals surface area contributed by atoms with Crippen LogP contribution in [-0.2, 0) is 5.41 Å². The lowest BCUT2D eigenvalue weighted by Gasteiger charge is -2.22. The predicted molar refractivity (Wildman–Crippen MR) is 125 cm³/mol. The van der Waals surface area contributed by atoms with Crippen LogP contribution in [0.1, 0.15) is 25.0 Å². The van der Waals surface area contributed by atoms with Crippen molar-refractivity contribution in [3.05, 3.63) is 87.5 Å². The molecule has 2 heteroatoms. The van der Waals surface area contributed by atoms with Crippen LogP contribution >= 0.6 is 22.6 Å². The molecule has 0 saturated heterocycles. The monoisotopic (exact) mass is 456 g/mol. The zero-order valence-electron chi connectivity index (χ0n) is 15.4. The van der Waals surface area contributed by atoms with Crippen molar-refractivity contribution in [1.82, 2.24) is 0 Å². The highest BCUT2D eigenvalue weighted by Crippen LogP contribution is 2.50. The number of halogens is 1. The van der Waals surface area contributed by atoms with Crippen molar-refractivity contribution in [2.75, 3.05) is 0 Å². The average molecular weight is 456 g/mol. The third kappa shape index (κ3) is 2.50. The maximum atomic E-state index is 6.21. The van der Waals surface area contributed by atoms with Gasteiger partial charge in [-0.25, -0.2) is 0 Å². The average Bonchev–Trinajstić information content (AvgIpc) is 2.89. The second-order valence-electron chi connectivity index (χ2n) is 7.82. The molecule has 0 saturated carbocycles. The standard InChI is InChI=1S/C25H18BI/c1-25(2)22-13-15(7-9-19(22)20-10-8-16(27)14-23(20)25)17-11-12-24(26)21-6-4-3-5-18(17)21/h3-14H,1-2H3. The molecule has 1 aliphatic rings. The Balaban J connectivity index is 1.75. The zero-order chi connectivity index (χ0) is 18.8. The summed E-state index contributed by atoms with van der Waals surface area (Å²) in [6.45, 7) is 4.66. The van der Waals surface area contributed by atoms with Crippen LogP contribution in [0.4, 0.5) is 0 Å². The molecule has 0 spiro atoms. The quantitative estimate of drug-likeness (QED) is 0.236. The normalized spacial score (nSPS) is 14.2. The van der Waals surface area contributed by atoms with Gasteiger partial charge < -0.3 is 0 Å². The van der Waals surface area contributed by atoms with Gasteiger partial charge in [0, 0.05) is 8.99 Å². The van der Waals surface area contributed by atoms with Crippen molar-refractivity contribution >= 4 is 46.7 Å². The number of rotatable bonds is 1. The van der Waals surface area contributed by atoms with Gasteiger partial charge in [0.2, 0.25) is 0 Å². The fourth-order valence-corrected chi connectivity index (χ4v) is 4.94. The van der Waals surface area contributed by atoms with E-state index in [1.54, 1.807) is 0 Å². The van der Waals surface area contributed by atoms with E-state index in [1.807, 2.05) is 12.1 Å². The van der Waals surface area contributed by atoms with E-state index in [0.29, 0.717) is 0 Å². The Hall–Kier alpha value is -2.07. The van der Waals surface area contributed by atoms with Crippen molar-refractivity contribution in [1.29, 1.82) is 0 Å². The lowest BCUT2D eigenvalue weighted by Crippen LogP contribution is -2.15. The second kappa shape index (κ2) is 5.97. The highest BCUT2D eigenvalue weighted by molar-refractivity contribution is 14.1. The van der Waals surface area contributed by atoms with E-state index < -0.39 is 0 Å². The molecule has 5 rings (SSSR count). The van der Waals surface area contributed by atoms with Gasteiger partial charge in [-0.15, -0.1) is 0 Å². The maximum absolute atomic E-state index is 6.21. The van der Waals surface area contributed by atoms with Gasteiger partial charge in [0.25, 0.3) is 0 Å². The Labute approximate surface area is 175 Å². The van der Waals surface area contributed by atoms with E-state index in [0.717, 1.165) is 10.8 Å². The number of fused-ring (bicyclic) bond motifs is 4. The zero-order valence-corrected chi connectivity index (χ0v) is 17.5. The Morgan fingerprint density at radius 1 is 0.704 bits per heavy atom. The summed E-state index contributed by atoms with van der Waals surface area (Å²) in [4.78, 5) is 0. The first-order valence-electron chi connectivity index (χ1n) is 9.19. The van der Waals surface area contributed by atoms with Gasteiger partial charge in [-0.1, -0.05) is 73.9 Å². The molecule has 128 valence electrons. The van der Waals surface area contributed by atoms with Crippen molar-refractivity contribution in [2.45, 2.75) is 19.3 Å². The molecule has 0 heterocycles. The molecule has 0 N–H and O–H groups in total. The fourth-order valence-electron chi connectivity index (χ4n) is 4.45. The third-order valence-corrected chi connectivity index (χ3v) is 6.58. The summed E-state index contributed by atoms with van der Waals surface area (Å²) >= 11 is 2.41. The van der Waals surface area contributed by atoms with Crippen LogP contribution in [0.15, 0.2) is 72.8 Å². The molecular weight excluding hydrogens is 438 g/mol. The Kier molecular flexibility index (Phi) is 3.77. The molecular formula is C25H18BI. The van der Waals surface area contributed by atoms with Crippen LogP contribution in [0.2, 0.25) is 0 Å². The van der Waals surface area contributed by atoms with Gasteiger partial charge in [-0.3, -0.25) is 0 Å². The number of hydrogen-bond donors (Lipinski definition) is 0. The Morgan fingerprint density at radius 3 is 2.11 bits per heavy atom. The summed E-state index contributed by atoms with van der Waals surface area (Å²) in [6.07, 6.45) is 0. The summed E-state index contributed by atoms with van der Waals surface area (Å²) in [5.74, 6) is 0. The first kappa shape index (κ1) is 17.1. The molecule has 4 aromatic rings. The minimum atomic E-state index is 0.00543. The van der Waals surface area contributed by atoms with Crippen LogP contribution in [0.25, 0.3) is 33.0 Å². The summed E-state index contributed by atoms with van der Waals surface area (Å²) < 4.78 is 1.29. The van der Waals surface area contributed by atoms with Gasteiger partial charge in [0.15, 0.2) is 0 Å². The third-order valence-electron chi connectivity index (χ3n) is 5.91. The summed E-state index contributed by atoms with van der Waals surface area (Å²) in [7, 11) is 6.21. The van der Waals surface area contributed by atoms with Gasteiger partial charge >= 0.3 is 0 Å². The molecule has 0 fully saturated rings. The van der Waals surface area contributed by atoms with E-state index >= 15 is 0 Å². The molecule has 1 aliphatic carbocycles. The Morgan fingerprint density at radius 2 is 1.33 bits per heavy atom. The van der Waals surface area contributed by atoms with Gasteiger partial charge in [0.1, 0.15) is 7.85 Å². The largest absolute Gasteiger partial charge is 0.114 e. The lowest BCUT2D eigenvalue weighted by atomic mass is 9.81. The van der Waals surface area contributed by atoms with E-state index in [9.17, 15) is 0 Å².